The molecule has 0 bridgehead atoms. The molecule has 1 atom stereocenters. The van der Waals surface area contributed by atoms with E-state index in [1.807, 2.05) is 18.2 Å². The molecule has 0 fully saturated rings. The average molecular weight is 232 g/mol. The van der Waals surface area contributed by atoms with Crippen LogP contribution in [0.5, 0.6) is 0 Å². The molecule has 17 heavy (non-hydrogen) atoms. The van der Waals surface area contributed by atoms with E-state index >= 15 is 0 Å². The van der Waals surface area contributed by atoms with Crippen LogP contribution >= 0.6 is 0 Å². The Morgan fingerprint density at radius 1 is 1.24 bits per heavy atom. The molecular weight excluding hydrogens is 212 g/mol. The van der Waals surface area contributed by atoms with Crippen molar-refractivity contribution in [2.75, 3.05) is 0 Å². The zero-order valence-electron chi connectivity index (χ0n) is 10.4. The third-order valence-corrected chi connectivity index (χ3v) is 3.45. The van der Waals surface area contributed by atoms with Gasteiger partial charge in [0, 0.05) is 5.39 Å². The first-order valence-corrected chi connectivity index (χ1v) is 6.24. The standard InChI is InChI=1S/C14H20N2O/c1-3-10(4-2)14(16-15)13-9-11-7-5-6-8-12(11)17-13/h5-10,14,16H,3-4,15H2,1-2H3. The van der Waals surface area contributed by atoms with Crippen LogP contribution < -0.4 is 11.3 Å². The van der Waals surface area contributed by atoms with E-state index in [-0.39, 0.29) is 6.04 Å². The number of hydrogen-bond donors (Lipinski definition) is 2. The van der Waals surface area contributed by atoms with E-state index < -0.39 is 0 Å². The summed E-state index contributed by atoms with van der Waals surface area (Å²) in [5, 5.41) is 1.13. The molecule has 3 heteroatoms. The molecule has 1 aromatic heterocycles. The van der Waals surface area contributed by atoms with Crippen LogP contribution in [-0.4, -0.2) is 0 Å². The first-order valence-electron chi connectivity index (χ1n) is 6.24. The molecule has 1 aromatic carbocycles. The van der Waals surface area contributed by atoms with Crippen LogP contribution in [0.4, 0.5) is 0 Å². The number of benzene rings is 1. The highest BCUT2D eigenvalue weighted by Crippen LogP contribution is 2.30. The number of nitrogens with one attached hydrogen (secondary N) is 1. The van der Waals surface area contributed by atoms with Gasteiger partial charge in [0.05, 0.1) is 6.04 Å². The largest absolute Gasteiger partial charge is 0.459 e. The Bertz CT molecular complexity index is 441. The molecule has 2 rings (SSSR count). The van der Waals surface area contributed by atoms with Crippen molar-refractivity contribution < 1.29 is 4.42 Å². The van der Waals surface area contributed by atoms with Crippen molar-refractivity contribution in [3.05, 3.63) is 36.1 Å². The molecule has 0 aliphatic rings. The van der Waals surface area contributed by atoms with Gasteiger partial charge in [-0.1, -0.05) is 44.9 Å². The highest BCUT2D eigenvalue weighted by molar-refractivity contribution is 5.77. The monoisotopic (exact) mass is 232 g/mol. The van der Waals surface area contributed by atoms with Crippen LogP contribution in [0.25, 0.3) is 11.0 Å². The molecule has 0 spiro atoms. The second kappa shape index (κ2) is 5.34. The molecule has 1 heterocycles. The van der Waals surface area contributed by atoms with Crippen molar-refractivity contribution in [3.63, 3.8) is 0 Å². The first-order chi connectivity index (χ1) is 8.30. The third-order valence-electron chi connectivity index (χ3n) is 3.45. The molecule has 1 unspecified atom stereocenters. The lowest BCUT2D eigenvalue weighted by Crippen LogP contribution is -2.32. The Kier molecular flexibility index (Phi) is 3.82. The lowest BCUT2D eigenvalue weighted by molar-refractivity contribution is 0.303. The fraction of sp³-hybridized carbons (Fsp3) is 0.429. The van der Waals surface area contributed by atoms with E-state index in [0.717, 1.165) is 29.6 Å². The Labute approximate surface area is 102 Å². The van der Waals surface area contributed by atoms with Gasteiger partial charge in [0.25, 0.3) is 0 Å². The maximum absolute atomic E-state index is 5.86. The summed E-state index contributed by atoms with van der Waals surface area (Å²) in [5.41, 5.74) is 3.81. The van der Waals surface area contributed by atoms with Crippen LogP contribution in [0.3, 0.4) is 0 Å². The van der Waals surface area contributed by atoms with Gasteiger partial charge in [-0.05, 0) is 18.1 Å². The van der Waals surface area contributed by atoms with E-state index in [1.54, 1.807) is 0 Å². The predicted molar refractivity (Wildman–Crippen MR) is 70.4 cm³/mol. The molecule has 3 nitrogen and oxygen atoms in total. The summed E-state index contributed by atoms with van der Waals surface area (Å²) in [4.78, 5) is 0. The molecule has 0 amide bonds. The van der Waals surface area contributed by atoms with E-state index in [2.05, 4.69) is 31.4 Å². The van der Waals surface area contributed by atoms with E-state index in [9.17, 15) is 0 Å². The summed E-state index contributed by atoms with van der Waals surface area (Å²) in [6, 6.07) is 10.2. The maximum Gasteiger partial charge on any atom is 0.134 e. The molecule has 0 saturated carbocycles. The van der Waals surface area contributed by atoms with Gasteiger partial charge in [-0.3, -0.25) is 5.84 Å². The lowest BCUT2D eigenvalue weighted by atomic mass is 9.93. The van der Waals surface area contributed by atoms with Gasteiger partial charge < -0.3 is 4.42 Å². The van der Waals surface area contributed by atoms with Crippen LogP contribution in [0.15, 0.2) is 34.7 Å². The number of rotatable bonds is 5. The quantitative estimate of drug-likeness (QED) is 0.614. The van der Waals surface area contributed by atoms with Gasteiger partial charge in [0.2, 0.25) is 0 Å². The molecule has 0 saturated heterocycles. The van der Waals surface area contributed by atoms with Crippen molar-refractivity contribution in [2.45, 2.75) is 32.7 Å². The number of fused-ring (bicyclic) bond motifs is 1. The van der Waals surface area contributed by atoms with Gasteiger partial charge in [-0.25, -0.2) is 5.43 Å². The summed E-state index contributed by atoms with van der Waals surface area (Å²) >= 11 is 0. The second-order valence-electron chi connectivity index (χ2n) is 4.41. The number of para-hydroxylation sites is 1. The Balaban J connectivity index is 2.36. The van der Waals surface area contributed by atoms with Crippen LogP contribution in [0.2, 0.25) is 0 Å². The predicted octanol–water partition coefficient (Wildman–Crippen LogP) is 3.37. The van der Waals surface area contributed by atoms with E-state index in [1.165, 1.54) is 0 Å². The highest BCUT2D eigenvalue weighted by atomic mass is 16.3. The fourth-order valence-corrected chi connectivity index (χ4v) is 2.37. The lowest BCUT2D eigenvalue weighted by Gasteiger charge is -2.22. The van der Waals surface area contributed by atoms with Crippen molar-refractivity contribution in [3.8, 4) is 0 Å². The van der Waals surface area contributed by atoms with Gasteiger partial charge in [0.1, 0.15) is 11.3 Å². The van der Waals surface area contributed by atoms with Crippen molar-refractivity contribution in [2.24, 2.45) is 11.8 Å². The van der Waals surface area contributed by atoms with Gasteiger partial charge in [-0.15, -0.1) is 0 Å². The van der Waals surface area contributed by atoms with E-state index in [4.69, 9.17) is 10.3 Å². The molecule has 0 radical (unpaired) electrons. The zero-order chi connectivity index (χ0) is 12.3. The Hall–Kier alpha value is -1.32. The zero-order valence-corrected chi connectivity index (χ0v) is 10.4. The Morgan fingerprint density at radius 3 is 2.53 bits per heavy atom. The van der Waals surface area contributed by atoms with Crippen LogP contribution in [0.1, 0.15) is 38.5 Å². The minimum atomic E-state index is 0.0948. The molecule has 0 aliphatic heterocycles. The second-order valence-corrected chi connectivity index (χ2v) is 4.41. The van der Waals surface area contributed by atoms with Crippen LogP contribution in [0, 0.1) is 5.92 Å². The molecule has 92 valence electrons. The smallest absolute Gasteiger partial charge is 0.134 e. The highest BCUT2D eigenvalue weighted by Gasteiger charge is 2.22. The molecule has 3 N–H and O–H groups in total. The van der Waals surface area contributed by atoms with Crippen molar-refractivity contribution in [1.29, 1.82) is 0 Å². The summed E-state index contributed by atoms with van der Waals surface area (Å²) in [6.45, 7) is 4.36. The van der Waals surface area contributed by atoms with Gasteiger partial charge in [0.15, 0.2) is 0 Å². The molecule has 0 aliphatic carbocycles. The van der Waals surface area contributed by atoms with Gasteiger partial charge >= 0.3 is 0 Å². The normalized spacial score (nSPS) is 13.4. The summed E-state index contributed by atoms with van der Waals surface area (Å²) in [7, 11) is 0. The maximum atomic E-state index is 5.86. The fourth-order valence-electron chi connectivity index (χ4n) is 2.37. The first kappa shape index (κ1) is 12.1. The Morgan fingerprint density at radius 2 is 1.94 bits per heavy atom. The number of hydrazine groups is 1. The van der Waals surface area contributed by atoms with E-state index in [0.29, 0.717) is 5.92 Å². The van der Waals surface area contributed by atoms with Gasteiger partial charge in [-0.2, -0.15) is 0 Å². The third kappa shape index (κ3) is 2.35. The van der Waals surface area contributed by atoms with Crippen molar-refractivity contribution >= 4 is 11.0 Å². The van der Waals surface area contributed by atoms with Crippen LogP contribution in [-0.2, 0) is 0 Å². The number of nitrogens with two attached hydrogens (primary N) is 1. The van der Waals surface area contributed by atoms with Crippen molar-refractivity contribution in [1.82, 2.24) is 5.43 Å². The SMILES string of the molecule is CCC(CC)C(NN)c1cc2ccccc2o1. The summed E-state index contributed by atoms with van der Waals surface area (Å²) < 4.78 is 5.86. The average Bonchev–Trinajstić information content (AvgIpc) is 2.78. The topological polar surface area (TPSA) is 51.2 Å². The summed E-state index contributed by atoms with van der Waals surface area (Å²) in [6.07, 6.45) is 2.17. The minimum Gasteiger partial charge on any atom is -0.459 e. The minimum absolute atomic E-state index is 0.0948. The summed E-state index contributed by atoms with van der Waals surface area (Å²) in [5.74, 6) is 7.10. The molecular formula is C14H20N2O. The number of furan rings is 1. The molecule has 2 aromatic rings. The number of hydrogen-bond acceptors (Lipinski definition) is 3.